The van der Waals surface area contributed by atoms with Crippen LogP contribution in [0.15, 0.2) is 30.5 Å². The zero-order chi connectivity index (χ0) is 14.5. The first-order chi connectivity index (χ1) is 9.63. The molecule has 0 aliphatic heterocycles. The second-order valence-electron chi connectivity index (χ2n) is 4.00. The molecule has 104 valence electrons. The third kappa shape index (κ3) is 3.03. The maximum atomic E-state index is 10.7. The standard InChI is InChI=1S/C14H14N2O4/c1-19-11-4-3-9(7-12(11)20-2)10-5-6-15-13(16-10)8-14(17)18/h3-7H,8H2,1-2H3,(H,17,18). The average Bonchev–Trinajstić information content (AvgIpc) is 2.46. The Kier molecular flexibility index (Phi) is 4.14. The van der Waals surface area contributed by atoms with Gasteiger partial charge in [0.1, 0.15) is 12.2 Å². The Morgan fingerprint density at radius 1 is 1.20 bits per heavy atom. The van der Waals surface area contributed by atoms with Crippen LogP contribution in [0, 0.1) is 0 Å². The zero-order valence-electron chi connectivity index (χ0n) is 11.2. The van der Waals surface area contributed by atoms with E-state index in [0.717, 1.165) is 5.56 Å². The summed E-state index contributed by atoms with van der Waals surface area (Å²) in [6.45, 7) is 0. The third-order valence-corrected chi connectivity index (χ3v) is 2.69. The Labute approximate surface area is 116 Å². The second kappa shape index (κ2) is 6.01. The summed E-state index contributed by atoms with van der Waals surface area (Å²) in [5.74, 6) is 0.513. The normalized spacial score (nSPS) is 10.1. The number of aliphatic carboxylic acids is 1. The van der Waals surface area contributed by atoms with E-state index in [1.165, 1.54) is 6.20 Å². The number of rotatable bonds is 5. The van der Waals surface area contributed by atoms with Crippen molar-refractivity contribution < 1.29 is 19.4 Å². The fourth-order valence-corrected chi connectivity index (χ4v) is 1.78. The number of carboxylic acids is 1. The largest absolute Gasteiger partial charge is 0.493 e. The number of aromatic nitrogens is 2. The van der Waals surface area contributed by atoms with Crippen molar-refractivity contribution in [1.29, 1.82) is 0 Å². The molecule has 0 atom stereocenters. The molecule has 0 bridgehead atoms. The monoisotopic (exact) mass is 274 g/mol. The Balaban J connectivity index is 2.38. The number of nitrogens with zero attached hydrogens (tertiary/aromatic N) is 2. The quantitative estimate of drug-likeness (QED) is 0.895. The van der Waals surface area contributed by atoms with Gasteiger partial charge in [-0.2, -0.15) is 0 Å². The van der Waals surface area contributed by atoms with E-state index in [4.69, 9.17) is 14.6 Å². The Hall–Kier alpha value is -2.63. The predicted octanol–water partition coefficient (Wildman–Crippen LogP) is 1.79. The molecule has 1 aromatic heterocycles. The molecule has 0 radical (unpaired) electrons. The number of benzene rings is 1. The first-order valence-corrected chi connectivity index (χ1v) is 5.90. The number of ether oxygens (including phenoxy) is 2. The lowest BCUT2D eigenvalue weighted by atomic mass is 10.1. The summed E-state index contributed by atoms with van der Waals surface area (Å²) >= 11 is 0. The van der Waals surface area contributed by atoms with E-state index in [1.807, 2.05) is 6.07 Å². The van der Waals surface area contributed by atoms with E-state index >= 15 is 0 Å². The van der Waals surface area contributed by atoms with Gasteiger partial charge < -0.3 is 14.6 Å². The van der Waals surface area contributed by atoms with Crippen LogP contribution in [0.5, 0.6) is 11.5 Å². The molecule has 0 unspecified atom stereocenters. The van der Waals surface area contributed by atoms with Crippen LogP contribution in [0.4, 0.5) is 0 Å². The minimum absolute atomic E-state index is 0.207. The van der Waals surface area contributed by atoms with Gasteiger partial charge in [-0.15, -0.1) is 0 Å². The van der Waals surface area contributed by atoms with E-state index in [2.05, 4.69) is 9.97 Å². The molecule has 0 aliphatic carbocycles. The van der Waals surface area contributed by atoms with E-state index in [0.29, 0.717) is 17.2 Å². The van der Waals surface area contributed by atoms with Crippen molar-refractivity contribution in [1.82, 2.24) is 9.97 Å². The molecule has 6 nitrogen and oxygen atoms in total. The Morgan fingerprint density at radius 2 is 1.95 bits per heavy atom. The van der Waals surface area contributed by atoms with Gasteiger partial charge in [0, 0.05) is 11.8 Å². The lowest BCUT2D eigenvalue weighted by molar-refractivity contribution is -0.136. The number of methoxy groups -OCH3 is 2. The molecule has 1 N–H and O–H groups in total. The highest BCUT2D eigenvalue weighted by molar-refractivity contribution is 5.69. The van der Waals surface area contributed by atoms with E-state index < -0.39 is 5.97 Å². The fraction of sp³-hybridized carbons (Fsp3) is 0.214. The number of carboxylic acid groups (broad SMARTS) is 1. The first kappa shape index (κ1) is 13.8. The van der Waals surface area contributed by atoms with Crippen molar-refractivity contribution in [3.05, 3.63) is 36.3 Å². The fourth-order valence-electron chi connectivity index (χ4n) is 1.78. The van der Waals surface area contributed by atoms with Crippen molar-refractivity contribution >= 4 is 5.97 Å². The van der Waals surface area contributed by atoms with Gasteiger partial charge in [0.15, 0.2) is 11.5 Å². The van der Waals surface area contributed by atoms with Crippen molar-refractivity contribution in [3.63, 3.8) is 0 Å². The minimum atomic E-state index is -0.963. The maximum absolute atomic E-state index is 10.7. The van der Waals surface area contributed by atoms with Crippen LogP contribution >= 0.6 is 0 Å². The average molecular weight is 274 g/mol. The van der Waals surface area contributed by atoms with Gasteiger partial charge in [0.05, 0.1) is 19.9 Å². The highest BCUT2D eigenvalue weighted by atomic mass is 16.5. The SMILES string of the molecule is COc1ccc(-c2ccnc(CC(=O)O)n2)cc1OC. The van der Waals surface area contributed by atoms with Gasteiger partial charge in [-0.1, -0.05) is 0 Å². The number of hydrogen-bond donors (Lipinski definition) is 1. The maximum Gasteiger partial charge on any atom is 0.311 e. The van der Waals surface area contributed by atoms with Gasteiger partial charge in [-0.3, -0.25) is 4.79 Å². The summed E-state index contributed by atoms with van der Waals surface area (Å²) in [6, 6.07) is 7.10. The Bertz CT molecular complexity index is 628. The molecule has 0 spiro atoms. The van der Waals surface area contributed by atoms with Gasteiger partial charge >= 0.3 is 5.97 Å². The lowest BCUT2D eigenvalue weighted by Gasteiger charge is -2.09. The van der Waals surface area contributed by atoms with Crippen molar-refractivity contribution in [3.8, 4) is 22.8 Å². The van der Waals surface area contributed by atoms with Crippen LogP contribution in [0.25, 0.3) is 11.3 Å². The van der Waals surface area contributed by atoms with Gasteiger partial charge in [-0.05, 0) is 24.3 Å². The highest BCUT2D eigenvalue weighted by Gasteiger charge is 2.09. The predicted molar refractivity (Wildman–Crippen MR) is 71.9 cm³/mol. The zero-order valence-corrected chi connectivity index (χ0v) is 11.2. The molecule has 1 heterocycles. The van der Waals surface area contributed by atoms with Crippen LogP contribution in [0.3, 0.4) is 0 Å². The molecule has 6 heteroatoms. The summed E-state index contributed by atoms with van der Waals surface area (Å²) < 4.78 is 10.4. The highest BCUT2D eigenvalue weighted by Crippen LogP contribution is 2.31. The van der Waals surface area contributed by atoms with Crippen molar-refractivity contribution in [2.24, 2.45) is 0 Å². The summed E-state index contributed by atoms with van der Waals surface area (Å²) in [6.07, 6.45) is 1.33. The van der Waals surface area contributed by atoms with Crippen LogP contribution in [0.2, 0.25) is 0 Å². The number of hydrogen-bond acceptors (Lipinski definition) is 5. The molecule has 2 rings (SSSR count). The van der Waals surface area contributed by atoms with E-state index in [9.17, 15) is 4.79 Å². The molecular formula is C14H14N2O4. The smallest absolute Gasteiger partial charge is 0.311 e. The molecule has 0 amide bonds. The third-order valence-electron chi connectivity index (χ3n) is 2.69. The van der Waals surface area contributed by atoms with Crippen LogP contribution in [-0.2, 0) is 11.2 Å². The minimum Gasteiger partial charge on any atom is -0.493 e. The topological polar surface area (TPSA) is 81.5 Å². The van der Waals surface area contributed by atoms with Crippen LogP contribution in [0.1, 0.15) is 5.82 Å². The van der Waals surface area contributed by atoms with E-state index in [-0.39, 0.29) is 12.2 Å². The summed E-state index contributed by atoms with van der Waals surface area (Å²) in [5.41, 5.74) is 1.44. The van der Waals surface area contributed by atoms with Crippen molar-refractivity contribution in [2.75, 3.05) is 14.2 Å². The summed E-state index contributed by atoms with van der Waals surface area (Å²) in [5, 5.41) is 8.76. The van der Waals surface area contributed by atoms with E-state index in [1.54, 1.807) is 32.4 Å². The molecule has 2 aromatic rings. The lowest BCUT2D eigenvalue weighted by Crippen LogP contribution is -2.05. The van der Waals surface area contributed by atoms with Crippen LogP contribution < -0.4 is 9.47 Å². The molecular weight excluding hydrogens is 260 g/mol. The second-order valence-corrected chi connectivity index (χ2v) is 4.00. The molecule has 1 aromatic carbocycles. The molecule has 0 aliphatic rings. The molecule has 0 saturated heterocycles. The van der Waals surface area contributed by atoms with Gasteiger partial charge in [0.2, 0.25) is 0 Å². The summed E-state index contributed by atoms with van der Waals surface area (Å²) in [7, 11) is 3.12. The van der Waals surface area contributed by atoms with Gasteiger partial charge in [-0.25, -0.2) is 9.97 Å². The first-order valence-electron chi connectivity index (χ1n) is 5.90. The summed E-state index contributed by atoms with van der Waals surface area (Å²) in [4.78, 5) is 18.8. The number of carbonyl (C=O) groups is 1. The van der Waals surface area contributed by atoms with Crippen LogP contribution in [-0.4, -0.2) is 35.3 Å². The van der Waals surface area contributed by atoms with Crippen molar-refractivity contribution in [2.45, 2.75) is 6.42 Å². The molecule has 0 saturated carbocycles. The molecule has 20 heavy (non-hydrogen) atoms. The molecule has 0 fully saturated rings. The van der Waals surface area contributed by atoms with Gasteiger partial charge in [0.25, 0.3) is 0 Å². The Morgan fingerprint density at radius 3 is 2.60 bits per heavy atom.